The van der Waals surface area contributed by atoms with Gasteiger partial charge in [0.05, 0.1) is 6.61 Å². The predicted molar refractivity (Wildman–Crippen MR) is 76.3 cm³/mol. The van der Waals surface area contributed by atoms with Gasteiger partial charge in [-0.3, -0.25) is 9.59 Å². The number of benzene rings is 1. The maximum absolute atomic E-state index is 12.6. The number of carboxylic acid groups (broad SMARTS) is 1. The topological polar surface area (TPSA) is 66.8 Å². The molecule has 0 bridgehead atoms. The van der Waals surface area contributed by atoms with Crippen LogP contribution < -0.4 is 0 Å². The van der Waals surface area contributed by atoms with Gasteiger partial charge in [0.25, 0.3) is 5.91 Å². The Morgan fingerprint density at radius 3 is 2.71 bits per heavy atom. The molecule has 1 heterocycles. The molecule has 21 heavy (non-hydrogen) atoms. The number of carbonyl (C=O) groups is 2. The Hall–Kier alpha value is -1.88. The molecule has 0 aromatic heterocycles. The number of amides is 1. The molecule has 1 aromatic rings. The predicted octanol–water partition coefficient (Wildman–Crippen LogP) is 1.88. The zero-order valence-corrected chi connectivity index (χ0v) is 11.8. The molecule has 3 rings (SSSR count). The number of ether oxygens (including phenoxy) is 1. The summed E-state index contributed by atoms with van der Waals surface area (Å²) in [6.45, 7) is 1.23. The van der Waals surface area contributed by atoms with E-state index in [0.717, 1.165) is 31.4 Å². The van der Waals surface area contributed by atoms with E-state index in [1.807, 2.05) is 18.2 Å². The van der Waals surface area contributed by atoms with Gasteiger partial charge in [-0.1, -0.05) is 12.1 Å². The van der Waals surface area contributed by atoms with Crippen LogP contribution in [0.15, 0.2) is 24.3 Å². The van der Waals surface area contributed by atoms with Gasteiger partial charge in [-0.2, -0.15) is 0 Å². The van der Waals surface area contributed by atoms with E-state index in [9.17, 15) is 9.59 Å². The van der Waals surface area contributed by atoms with Crippen molar-refractivity contribution in [2.24, 2.45) is 0 Å². The van der Waals surface area contributed by atoms with Crippen molar-refractivity contribution >= 4 is 11.9 Å². The molecule has 1 saturated carbocycles. The molecule has 1 aliphatic carbocycles. The maximum atomic E-state index is 12.6. The largest absolute Gasteiger partial charge is 0.480 e. The van der Waals surface area contributed by atoms with E-state index >= 15 is 0 Å². The zero-order valence-electron chi connectivity index (χ0n) is 11.8. The summed E-state index contributed by atoms with van der Waals surface area (Å²) in [6, 6.07) is 7.62. The lowest BCUT2D eigenvalue weighted by Gasteiger charge is -2.21. The molecule has 5 heteroatoms. The maximum Gasteiger partial charge on any atom is 0.323 e. The molecular weight excluding hydrogens is 270 g/mol. The first-order valence-corrected chi connectivity index (χ1v) is 7.35. The summed E-state index contributed by atoms with van der Waals surface area (Å²) in [7, 11) is 0. The third-order valence-electron chi connectivity index (χ3n) is 4.09. The number of nitrogens with zero attached hydrogens (tertiary/aromatic N) is 1. The number of rotatable bonds is 5. The molecule has 0 radical (unpaired) electrons. The quantitative estimate of drug-likeness (QED) is 0.898. The first-order valence-electron chi connectivity index (χ1n) is 7.35. The lowest BCUT2D eigenvalue weighted by atomic mass is 9.96. The van der Waals surface area contributed by atoms with Crippen LogP contribution in [0.5, 0.6) is 0 Å². The fourth-order valence-corrected chi connectivity index (χ4v) is 2.79. The summed E-state index contributed by atoms with van der Waals surface area (Å²) >= 11 is 0. The van der Waals surface area contributed by atoms with Gasteiger partial charge in [0.2, 0.25) is 0 Å². The van der Waals surface area contributed by atoms with E-state index in [1.165, 1.54) is 4.90 Å². The Morgan fingerprint density at radius 2 is 2.10 bits per heavy atom. The van der Waals surface area contributed by atoms with Gasteiger partial charge >= 0.3 is 5.97 Å². The van der Waals surface area contributed by atoms with Gasteiger partial charge in [-0.25, -0.2) is 0 Å². The van der Waals surface area contributed by atoms with Gasteiger partial charge in [-0.15, -0.1) is 0 Å². The van der Waals surface area contributed by atoms with Crippen molar-refractivity contribution < 1.29 is 19.4 Å². The van der Waals surface area contributed by atoms with E-state index in [1.54, 1.807) is 6.07 Å². The van der Waals surface area contributed by atoms with E-state index in [2.05, 4.69) is 0 Å². The second-order valence-corrected chi connectivity index (χ2v) is 5.74. The highest BCUT2D eigenvalue weighted by atomic mass is 16.5. The SMILES string of the molecule is O=C(O)CN(C(=O)c1cccc(C2CCOC2)c1)C1CC1. The molecule has 0 spiro atoms. The molecule has 1 N–H and O–H groups in total. The lowest BCUT2D eigenvalue weighted by Crippen LogP contribution is -2.37. The normalized spacial score (nSPS) is 21.2. The minimum absolute atomic E-state index is 0.0899. The Balaban J connectivity index is 1.79. The van der Waals surface area contributed by atoms with E-state index in [0.29, 0.717) is 18.1 Å². The third kappa shape index (κ3) is 3.24. The highest BCUT2D eigenvalue weighted by Gasteiger charge is 2.34. The molecule has 112 valence electrons. The Labute approximate surface area is 123 Å². The van der Waals surface area contributed by atoms with Crippen molar-refractivity contribution in [1.29, 1.82) is 0 Å². The smallest absolute Gasteiger partial charge is 0.323 e. The average Bonchev–Trinajstić information content (AvgIpc) is 3.17. The molecule has 1 aromatic carbocycles. The Bertz CT molecular complexity index is 547. The van der Waals surface area contributed by atoms with Gasteiger partial charge in [-0.05, 0) is 37.0 Å². The van der Waals surface area contributed by atoms with Crippen LogP contribution in [-0.2, 0) is 9.53 Å². The minimum Gasteiger partial charge on any atom is -0.480 e. The van der Waals surface area contributed by atoms with Crippen LogP contribution in [0.3, 0.4) is 0 Å². The standard InChI is InChI=1S/C16H19NO4/c18-15(19)9-17(14-4-5-14)16(20)12-3-1-2-11(8-12)13-6-7-21-10-13/h1-3,8,13-14H,4-7,9-10H2,(H,18,19). The number of hydrogen-bond acceptors (Lipinski definition) is 3. The van der Waals surface area contributed by atoms with Crippen LogP contribution in [0.25, 0.3) is 0 Å². The van der Waals surface area contributed by atoms with E-state index in [4.69, 9.17) is 9.84 Å². The van der Waals surface area contributed by atoms with Crippen molar-refractivity contribution in [2.45, 2.75) is 31.2 Å². The minimum atomic E-state index is -0.962. The Morgan fingerprint density at radius 1 is 1.29 bits per heavy atom. The van der Waals surface area contributed by atoms with Crippen molar-refractivity contribution in [1.82, 2.24) is 4.90 Å². The highest BCUT2D eigenvalue weighted by Crippen LogP contribution is 2.30. The van der Waals surface area contributed by atoms with Crippen LogP contribution in [0.2, 0.25) is 0 Å². The van der Waals surface area contributed by atoms with Gasteiger partial charge in [0.1, 0.15) is 6.54 Å². The summed E-state index contributed by atoms with van der Waals surface area (Å²) in [6.07, 6.45) is 2.77. The van der Waals surface area contributed by atoms with E-state index in [-0.39, 0.29) is 18.5 Å². The molecule has 1 atom stereocenters. The first-order chi connectivity index (χ1) is 10.1. The number of aliphatic carboxylic acids is 1. The van der Waals surface area contributed by atoms with Crippen LogP contribution in [0.4, 0.5) is 0 Å². The van der Waals surface area contributed by atoms with Crippen LogP contribution in [0, 0.1) is 0 Å². The van der Waals surface area contributed by atoms with Gasteiger partial charge in [0.15, 0.2) is 0 Å². The van der Waals surface area contributed by atoms with Crippen LogP contribution in [-0.4, -0.2) is 47.7 Å². The summed E-state index contributed by atoms with van der Waals surface area (Å²) in [5.74, 6) is -0.803. The second kappa shape index (κ2) is 5.85. The van der Waals surface area contributed by atoms with Crippen molar-refractivity contribution in [3.63, 3.8) is 0 Å². The lowest BCUT2D eigenvalue weighted by molar-refractivity contribution is -0.137. The molecule has 2 fully saturated rings. The monoisotopic (exact) mass is 289 g/mol. The number of carbonyl (C=O) groups excluding carboxylic acids is 1. The molecule has 1 saturated heterocycles. The van der Waals surface area contributed by atoms with E-state index < -0.39 is 5.97 Å². The van der Waals surface area contributed by atoms with Crippen LogP contribution in [0.1, 0.15) is 41.1 Å². The third-order valence-corrected chi connectivity index (χ3v) is 4.09. The first kappa shape index (κ1) is 14.1. The summed E-state index contributed by atoms with van der Waals surface area (Å²) in [5, 5.41) is 8.97. The van der Waals surface area contributed by atoms with Crippen molar-refractivity contribution in [3.8, 4) is 0 Å². The molecule has 1 aliphatic heterocycles. The molecule has 5 nitrogen and oxygen atoms in total. The van der Waals surface area contributed by atoms with Crippen molar-refractivity contribution in [2.75, 3.05) is 19.8 Å². The second-order valence-electron chi connectivity index (χ2n) is 5.74. The average molecular weight is 289 g/mol. The summed E-state index contributed by atoms with van der Waals surface area (Å²) in [4.78, 5) is 25.0. The summed E-state index contributed by atoms with van der Waals surface area (Å²) in [5.41, 5.74) is 1.68. The Kier molecular flexibility index (Phi) is 3.92. The molecule has 1 amide bonds. The van der Waals surface area contributed by atoms with Gasteiger partial charge < -0.3 is 14.7 Å². The van der Waals surface area contributed by atoms with Crippen LogP contribution >= 0.6 is 0 Å². The number of hydrogen-bond donors (Lipinski definition) is 1. The summed E-state index contributed by atoms with van der Waals surface area (Å²) < 4.78 is 5.39. The fourth-order valence-electron chi connectivity index (χ4n) is 2.79. The van der Waals surface area contributed by atoms with Gasteiger partial charge in [0, 0.05) is 24.1 Å². The molecular formula is C16H19NO4. The molecule has 1 unspecified atom stereocenters. The fraction of sp³-hybridized carbons (Fsp3) is 0.500. The molecule has 2 aliphatic rings. The highest BCUT2D eigenvalue weighted by molar-refractivity contribution is 5.96. The zero-order chi connectivity index (χ0) is 14.8. The van der Waals surface area contributed by atoms with Crippen molar-refractivity contribution in [3.05, 3.63) is 35.4 Å². The number of carboxylic acids is 1.